The van der Waals surface area contributed by atoms with Gasteiger partial charge in [-0.2, -0.15) is 5.10 Å². The highest BCUT2D eigenvalue weighted by atomic mass is 35.5. The molecule has 0 unspecified atom stereocenters. The Bertz CT molecular complexity index is 1060. The number of amides is 1. The zero-order chi connectivity index (χ0) is 20.3. The number of carbonyl (C=O) groups is 1. The summed E-state index contributed by atoms with van der Waals surface area (Å²) in [6, 6.07) is 9.54. The van der Waals surface area contributed by atoms with Crippen LogP contribution in [-0.2, 0) is 4.79 Å². The minimum Gasteiger partial charge on any atom is -0.320 e. The van der Waals surface area contributed by atoms with Crippen LogP contribution in [0.4, 0.5) is 11.4 Å². The van der Waals surface area contributed by atoms with E-state index in [1.54, 1.807) is 31.2 Å². The molecule has 0 saturated carbocycles. The van der Waals surface area contributed by atoms with Gasteiger partial charge in [0.2, 0.25) is 5.91 Å². The molecule has 0 radical (unpaired) electrons. The third-order valence-corrected chi connectivity index (χ3v) is 5.09. The highest BCUT2D eigenvalue weighted by Crippen LogP contribution is 2.28. The van der Waals surface area contributed by atoms with Gasteiger partial charge in [0, 0.05) is 11.1 Å². The van der Waals surface area contributed by atoms with E-state index in [9.17, 15) is 14.9 Å². The first kappa shape index (κ1) is 20.1. The van der Waals surface area contributed by atoms with E-state index in [0.717, 1.165) is 17.3 Å². The normalized spacial score (nSPS) is 10.7. The summed E-state index contributed by atoms with van der Waals surface area (Å²) in [4.78, 5) is 27.0. The van der Waals surface area contributed by atoms with E-state index in [-0.39, 0.29) is 17.1 Å². The number of aryl methyl sites for hydroxylation is 1. The summed E-state index contributed by atoms with van der Waals surface area (Å²) < 4.78 is 1.49. The lowest BCUT2D eigenvalue weighted by Gasteiger charge is -2.09. The number of anilines is 1. The Labute approximate surface area is 174 Å². The molecule has 1 aromatic heterocycles. The zero-order valence-corrected chi connectivity index (χ0v) is 16.8. The number of nitrogens with one attached hydrogen (secondary N) is 1. The van der Waals surface area contributed by atoms with E-state index in [4.69, 9.17) is 23.2 Å². The van der Waals surface area contributed by atoms with Crippen molar-refractivity contribution in [3.8, 4) is 5.69 Å². The number of carbonyl (C=O) groups excluding carboxylic acids is 1. The lowest BCUT2D eigenvalue weighted by atomic mass is 10.2. The Balaban J connectivity index is 1.72. The summed E-state index contributed by atoms with van der Waals surface area (Å²) in [7, 11) is 0. The predicted octanol–water partition coefficient (Wildman–Crippen LogP) is 4.52. The molecule has 3 rings (SSSR count). The Morgan fingerprint density at radius 1 is 1.29 bits per heavy atom. The van der Waals surface area contributed by atoms with Crippen molar-refractivity contribution >= 4 is 52.2 Å². The maximum atomic E-state index is 12.3. The van der Waals surface area contributed by atoms with Crippen molar-refractivity contribution in [2.75, 3.05) is 11.1 Å². The maximum absolute atomic E-state index is 12.3. The van der Waals surface area contributed by atoms with E-state index in [1.165, 1.54) is 23.1 Å². The van der Waals surface area contributed by atoms with Gasteiger partial charge in [-0.25, -0.2) is 9.67 Å². The molecule has 0 atom stereocenters. The SMILES string of the molecule is Cc1ccc(NC(=O)CSc2ncnn2-c2ccc(Cl)cc2Cl)c([N+](=O)[O-])c1. The Hall–Kier alpha value is -2.62. The Morgan fingerprint density at radius 2 is 2.07 bits per heavy atom. The zero-order valence-electron chi connectivity index (χ0n) is 14.4. The number of nitro benzene ring substituents is 1. The molecule has 28 heavy (non-hydrogen) atoms. The van der Waals surface area contributed by atoms with Gasteiger partial charge in [0.05, 0.1) is 21.4 Å². The monoisotopic (exact) mass is 437 g/mol. The number of rotatable bonds is 6. The van der Waals surface area contributed by atoms with Crippen molar-refractivity contribution in [1.82, 2.24) is 14.8 Å². The standard InChI is InChI=1S/C17H13Cl2N5O3S/c1-10-2-4-13(15(6-10)24(26)27)22-16(25)8-28-17-20-9-21-23(17)14-5-3-11(18)7-12(14)19/h2-7,9H,8H2,1H3,(H,22,25). The molecule has 144 valence electrons. The van der Waals surface area contributed by atoms with Crippen LogP contribution in [-0.4, -0.2) is 31.3 Å². The summed E-state index contributed by atoms with van der Waals surface area (Å²) in [5.74, 6) is -0.428. The number of nitro groups is 1. The van der Waals surface area contributed by atoms with Crippen LogP contribution in [0.15, 0.2) is 47.9 Å². The number of thioether (sulfide) groups is 1. The van der Waals surface area contributed by atoms with Gasteiger partial charge >= 0.3 is 0 Å². The van der Waals surface area contributed by atoms with Gasteiger partial charge in [-0.1, -0.05) is 41.0 Å². The third-order valence-electron chi connectivity index (χ3n) is 3.61. The molecule has 1 amide bonds. The van der Waals surface area contributed by atoms with Crippen LogP contribution in [0.3, 0.4) is 0 Å². The molecule has 8 nitrogen and oxygen atoms in total. The molecule has 1 heterocycles. The lowest BCUT2D eigenvalue weighted by molar-refractivity contribution is -0.384. The molecule has 0 saturated heterocycles. The van der Waals surface area contributed by atoms with Crippen molar-refractivity contribution in [2.45, 2.75) is 12.1 Å². The first-order valence-electron chi connectivity index (χ1n) is 7.88. The van der Waals surface area contributed by atoms with Crippen molar-refractivity contribution in [3.05, 3.63) is 68.4 Å². The maximum Gasteiger partial charge on any atom is 0.293 e. The quantitative estimate of drug-likeness (QED) is 0.345. The number of hydrogen-bond acceptors (Lipinski definition) is 6. The molecular formula is C17H13Cl2N5O3S. The first-order chi connectivity index (χ1) is 13.3. The van der Waals surface area contributed by atoms with Crippen LogP contribution in [0.1, 0.15) is 5.56 Å². The van der Waals surface area contributed by atoms with Crippen LogP contribution in [0.2, 0.25) is 10.0 Å². The molecule has 1 N–H and O–H groups in total. The van der Waals surface area contributed by atoms with E-state index >= 15 is 0 Å². The van der Waals surface area contributed by atoms with Crippen LogP contribution >= 0.6 is 35.0 Å². The van der Waals surface area contributed by atoms with Crippen molar-refractivity contribution in [2.24, 2.45) is 0 Å². The Morgan fingerprint density at radius 3 is 2.79 bits per heavy atom. The minimum absolute atomic E-state index is 0.0189. The largest absolute Gasteiger partial charge is 0.320 e. The second-order valence-electron chi connectivity index (χ2n) is 5.66. The highest BCUT2D eigenvalue weighted by Gasteiger charge is 2.17. The van der Waals surface area contributed by atoms with Crippen LogP contribution < -0.4 is 5.32 Å². The molecule has 2 aromatic carbocycles. The first-order valence-corrected chi connectivity index (χ1v) is 9.62. The predicted molar refractivity (Wildman–Crippen MR) is 109 cm³/mol. The minimum atomic E-state index is -0.533. The van der Waals surface area contributed by atoms with Gasteiger partial charge in [0.15, 0.2) is 5.16 Å². The van der Waals surface area contributed by atoms with Crippen molar-refractivity contribution in [1.29, 1.82) is 0 Å². The van der Waals surface area contributed by atoms with Gasteiger partial charge in [0.1, 0.15) is 12.0 Å². The van der Waals surface area contributed by atoms with Gasteiger partial charge in [0.25, 0.3) is 5.69 Å². The van der Waals surface area contributed by atoms with E-state index in [2.05, 4.69) is 15.4 Å². The molecule has 0 bridgehead atoms. The third kappa shape index (κ3) is 4.61. The summed E-state index contributed by atoms with van der Waals surface area (Å²) in [5.41, 5.74) is 1.28. The molecule has 0 aliphatic rings. The summed E-state index contributed by atoms with van der Waals surface area (Å²) in [5, 5.41) is 19.2. The van der Waals surface area contributed by atoms with E-state index < -0.39 is 10.8 Å². The Kier molecular flexibility index (Phi) is 6.18. The molecule has 0 spiro atoms. The smallest absolute Gasteiger partial charge is 0.293 e. The molecule has 11 heteroatoms. The van der Waals surface area contributed by atoms with E-state index in [1.807, 2.05) is 0 Å². The summed E-state index contributed by atoms with van der Waals surface area (Å²) in [6.07, 6.45) is 1.34. The van der Waals surface area contributed by atoms with Gasteiger partial charge in [-0.15, -0.1) is 0 Å². The summed E-state index contributed by atoms with van der Waals surface area (Å²) in [6.45, 7) is 1.74. The second-order valence-corrected chi connectivity index (χ2v) is 7.45. The van der Waals surface area contributed by atoms with Gasteiger partial charge in [-0.05, 0) is 36.8 Å². The average Bonchev–Trinajstić information content (AvgIpc) is 3.09. The number of hydrogen-bond donors (Lipinski definition) is 1. The lowest BCUT2D eigenvalue weighted by Crippen LogP contribution is -2.15. The fourth-order valence-corrected chi connectivity index (χ4v) is 3.57. The molecule has 0 aliphatic carbocycles. The average molecular weight is 438 g/mol. The molecular weight excluding hydrogens is 425 g/mol. The van der Waals surface area contributed by atoms with Crippen LogP contribution in [0.25, 0.3) is 5.69 Å². The molecule has 3 aromatic rings. The topological polar surface area (TPSA) is 103 Å². The fourth-order valence-electron chi connectivity index (χ4n) is 2.36. The van der Waals surface area contributed by atoms with Crippen LogP contribution in [0.5, 0.6) is 0 Å². The number of nitrogens with zero attached hydrogens (tertiary/aromatic N) is 4. The van der Waals surface area contributed by atoms with Gasteiger partial charge < -0.3 is 5.32 Å². The highest BCUT2D eigenvalue weighted by molar-refractivity contribution is 7.99. The van der Waals surface area contributed by atoms with Crippen molar-refractivity contribution in [3.63, 3.8) is 0 Å². The number of benzene rings is 2. The molecule has 0 fully saturated rings. The number of halogens is 2. The summed E-state index contributed by atoms with van der Waals surface area (Å²) >= 11 is 13.2. The van der Waals surface area contributed by atoms with Crippen LogP contribution in [0, 0.1) is 17.0 Å². The van der Waals surface area contributed by atoms with E-state index in [0.29, 0.717) is 20.9 Å². The fraction of sp³-hybridized carbons (Fsp3) is 0.118. The number of aromatic nitrogens is 3. The van der Waals surface area contributed by atoms with Crippen molar-refractivity contribution < 1.29 is 9.72 Å². The van der Waals surface area contributed by atoms with Gasteiger partial charge in [-0.3, -0.25) is 14.9 Å². The second kappa shape index (κ2) is 8.59. The molecule has 0 aliphatic heterocycles.